The first-order valence-corrected chi connectivity index (χ1v) is 11.2. The van der Waals surface area contributed by atoms with Gasteiger partial charge in [-0.15, -0.1) is 0 Å². The van der Waals surface area contributed by atoms with Crippen LogP contribution in [0.2, 0.25) is 0 Å². The molecule has 9 nitrogen and oxygen atoms in total. The SMILES string of the molecule is COc1ccccc1NS(=O)(=O)c1cc(NC(=O)/C=C/c2ccccc2[N+](=O)[O-])ccc1C. The van der Waals surface area contributed by atoms with Gasteiger partial charge in [0.25, 0.3) is 15.7 Å². The van der Waals surface area contributed by atoms with Crippen LogP contribution < -0.4 is 14.8 Å². The monoisotopic (exact) mass is 467 g/mol. The van der Waals surface area contributed by atoms with Crippen LogP contribution in [-0.4, -0.2) is 26.4 Å². The predicted molar refractivity (Wildman–Crippen MR) is 126 cm³/mol. The highest BCUT2D eigenvalue weighted by molar-refractivity contribution is 7.92. The van der Waals surface area contributed by atoms with E-state index in [1.165, 1.54) is 37.5 Å². The molecule has 10 heteroatoms. The van der Waals surface area contributed by atoms with E-state index in [0.717, 1.165) is 6.08 Å². The topological polar surface area (TPSA) is 128 Å². The van der Waals surface area contributed by atoms with Crippen LogP contribution in [0.4, 0.5) is 17.1 Å². The van der Waals surface area contributed by atoms with Crippen molar-refractivity contribution in [3.63, 3.8) is 0 Å². The Balaban J connectivity index is 1.81. The summed E-state index contributed by atoms with van der Waals surface area (Å²) >= 11 is 0. The second kappa shape index (κ2) is 9.96. The van der Waals surface area contributed by atoms with Crippen molar-refractivity contribution in [2.24, 2.45) is 0 Å². The summed E-state index contributed by atoms with van der Waals surface area (Å²) in [6, 6.07) is 17.1. The minimum Gasteiger partial charge on any atom is -0.495 e. The van der Waals surface area contributed by atoms with Gasteiger partial charge in [0.05, 0.1) is 28.2 Å². The number of para-hydroxylation sites is 3. The third-order valence-electron chi connectivity index (χ3n) is 4.64. The first-order valence-electron chi connectivity index (χ1n) is 9.70. The molecule has 3 aromatic carbocycles. The van der Waals surface area contributed by atoms with Crippen LogP contribution in [0, 0.1) is 17.0 Å². The van der Waals surface area contributed by atoms with Crippen LogP contribution >= 0.6 is 0 Å². The Bertz CT molecular complexity index is 1340. The third-order valence-corrected chi connectivity index (χ3v) is 6.15. The second-order valence-corrected chi connectivity index (χ2v) is 8.58. The van der Waals surface area contributed by atoms with Gasteiger partial charge in [-0.3, -0.25) is 19.6 Å². The maximum atomic E-state index is 13.0. The summed E-state index contributed by atoms with van der Waals surface area (Å²) in [7, 11) is -2.54. The Hall–Kier alpha value is -4.18. The number of nitro groups is 1. The fraction of sp³-hybridized carbons (Fsp3) is 0.0870. The van der Waals surface area contributed by atoms with Gasteiger partial charge in [0.2, 0.25) is 5.91 Å². The number of rotatable bonds is 8. The Morgan fingerprint density at radius 3 is 2.48 bits per heavy atom. The number of ether oxygens (including phenoxy) is 1. The number of nitrogens with zero attached hydrogens (tertiary/aromatic N) is 1. The number of methoxy groups -OCH3 is 1. The number of sulfonamides is 1. The van der Waals surface area contributed by atoms with Gasteiger partial charge in [-0.2, -0.15) is 0 Å². The number of amides is 1. The van der Waals surface area contributed by atoms with Crippen molar-refractivity contribution in [1.29, 1.82) is 0 Å². The largest absolute Gasteiger partial charge is 0.495 e. The van der Waals surface area contributed by atoms with Crippen LogP contribution in [0.25, 0.3) is 6.08 Å². The molecule has 33 heavy (non-hydrogen) atoms. The van der Waals surface area contributed by atoms with Gasteiger partial charge in [0.1, 0.15) is 5.75 Å². The minimum atomic E-state index is -3.98. The molecule has 0 atom stereocenters. The molecule has 0 spiro atoms. The number of carbonyl (C=O) groups is 1. The first kappa shape index (κ1) is 23.5. The smallest absolute Gasteiger partial charge is 0.276 e. The predicted octanol–water partition coefficient (Wildman–Crippen LogP) is 4.36. The lowest BCUT2D eigenvalue weighted by molar-refractivity contribution is -0.385. The molecule has 0 heterocycles. The Kier molecular flexibility index (Phi) is 7.09. The van der Waals surface area contributed by atoms with E-state index in [-0.39, 0.29) is 27.5 Å². The Morgan fingerprint density at radius 2 is 1.76 bits per heavy atom. The van der Waals surface area contributed by atoms with Gasteiger partial charge >= 0.3 is 0 Å². The lowest BCUT2D eigenvalue weighted by Crippen LogP contribution is -2.16. The molecule has 170 valence electrons. The van der Waals surface area contributed by atoms with E-state index < -0.39 is 20.9 Å². The van der Waals surface area contributed by atoms with Gasteiger partial charge in [-0.25, -0.2) is 8.42 Å². The van der Waals surface area contributed by atoms with E-state index in [0.29, 0.717) is 11.3 Å². The quantitative estimate of drug-likeness (QED) is 0.288. The van der Waals surface area contributed by atoms with Crippen molar-refractivity contribution >= 4 is 39.1 Å². The summed E-state index contributed by atoms with van der Waals surface area (Å²) in [5.41, 5.74) is 1.14. The number of nitro benzene ring substituents is 1. The summed E-state index contributed by atoms with van der Waals surface area (Å²) in [4.78, 5) is 22.9. The third kappa shape index (κ3) is 5.74. The second-order valence-electron chi connectivity index (χ2n) is 6.92. The zero-order chi connectivity index (χ0) is 24.0. The van der Waals surface area contributed by atoms with Gasteiger partial charge in [0.15, 0.2) is 0 Å². The lowest BCUT2D eigenvalue weighted by atomic mass is 10.1. The van der Waals surface area contributed by atoms with Gasteiger partial charge in [-0.05, 0) is 48.9 Å². The van der Waals surface area contributed by atoms with E-state index >= 15 is 0 Å². The van der Waals surface area contributed by atoms with Crippen LogP contribution in [-0.2, 0) is 14.8 Å². The molecule has 1 amide bonds. The average molecular weight is 468 g/mol. The minimum absolute atomic E-state index is 0.0196. The van der Waals surface area contributed by atoms with Crippen LogP contribution in [0.1, 0.15) is 11.1 Å². The molecule has 0 unspecified atom stereocenters. The van der Waals surface area contributed by atoms with Crippen LogP contribution in [0.3, 0.4) is 0 Å². The summed E-state index contributed by atoms with van der Waals surface area (Å²) in [6.45, 7) is 1.64. The maximum Gasteiger partial charge on any atom is 0.276 e. The molecule has 0 aliphatic heterocycles. The highest BCUT2D eigenvalue weighted by Gasteiger charge is 2.20. The van der Waals surface area contributed by atoms with Gasteiger partial charge < -0.3 is 10.1 Å². The van der Waals surface area contributed by atoms with Crippen molar-refractivity contribution in [3.8, 4) is 5.75 Å². The number of nitrogens with one attached hydrogen (secondary N) is 2. The van der Waals surface area contributed by atoms with E-state index in [9.17, 15) is 23.3 Å². The number of hydrogen-bond acceptors (Lipinski definition) is 6. The molecule has 0 saturated carbocycles. The van der Waals surface area contributed by atoms with Crippen LogP contribution in [0.15, 0.2) is 77.7 Å². The Labute approximate surface area is 190 Å². The highest BCUT2D eigenvalue weighted by Crippen LogP contribution is 2.28. The Morgan fingerprint density at radius 1 is 1.06 bits per heavy atom. The maximum absolute atomic E-state index is 13.0. The van der Waals surface area contributed by atoms with E-state index in [4.69, 9.17) is 4.74 Å². The van der Waals surface area contributed by atoms with Crippen molar-refractivity contribution in [1.82, 2.24) is 0 Å². The normalized spacial score (nSPS) is 11.2. The summed E-state index contributed by atoms with van der Waals surface area (Å²) in [5, 5.41) is 13.7. The molecule has 0 aliphatic carbocycles. The number of benzene rings is 3. The number of aryl methyl sites for hydroxylation is 1. The zero-order valence-electron chi connectivity index (χ0n) is 17.8. The molecule has 0 aromatic heterocycles. The lowest BCUT2D eigenvalue weighted by Gasteiger charge is -2.14. The van der Waals surface area contributed by atoms with E-state index in [2.05, 4.69) is 10.0 Å². The molecule has 0 aliphatic rings. The molecular formula is C23H21N3O6S. The highest BCUT2D eigenvalue weighted by atomic mass is 32.2. The fourth-order valence-corrected chi connectivity index (χ4v) is 4.38. The number of hydrogen-bond donors (Lipinski definition) is 2. The molecule has 0 fully saturated rings. The molecule has 0 bridgehead atoms. The summed E-state index contributed by atoms with van der Waals surface area (Å²) < 4.78 is 33.6. The molecule has 3 rings (SSSR count). The molecule has 0 radical (unpaired) electrons. The number of anilines is 2. The van der Waals surface area contributed by atoms with Crippen molar-refractivity contribution in [2.75, 3.05) is 17.1 Å². The van der Waals surface area contributed by atoms with Crippen molar-refractivity contribution < 1.29 is 22.9 Å². The number of carbonyl (C=O) groups excluding carboxylic acids is 1. The first-order chi connectivity index (χ1) is 15.7. The van der Waals surface area contributed by atoms with Gasteiger partial charge in [-0.1, -0.05) is 30.3 Å². The fourth-order valence-electron chi connectivity index (χ4n) is 3.04. The van der Waals surface area contributed by atoms with Crippen molar-refractivity contribution in [3.05, 3.63) is 94.0 Å². The molecule has 3 aromatic rings. The summed E-state index contributed by atoms with van der Waals surface area (Å²) in [5.74, 6) is -0.207. The van der Waals surface area contributed by atoms with Crippen molar-refractivity contribution in [2.45, 2.75) is 11.8 Å². The van der Waals surface area contributed by atoms with E-state index in [1.807, 2.05) is 0 Å². The molecular weight excluding hydrogens is 446 g/mol. The summed E-state index contributed by atoms with van der Waals surface area (Å²) in [6.07, 6.45) is 2.46. The van der Waals surface area contributed by atoms with E-state index in [1.54, 1.807) is 49.4 Å². The molecule has 2 N–H and O–H groups in total. The average Bonchev–Trinajstić information content (AvgIpc) is 2.79. The van der Waals surface area contributed by atoms with Gasteiger partial charge in [0, 0.05) is 17.8 Å². The molecule has 0 saturated heterocycles. The standard InChI is InChI=1S/C23H21N3O6S/c1-16-11-13-18(24-23(27)14-12-17-7-3-5-9-20(17)26(28)29)15-22(16)33(30,31)25-19-8-4-6-10-21(19)32-2/h3-15,25H,1-2H3,(H,24,27)/b14-12+. The zero-order valence-corrected chi connectivity index (χ0v) is 18.6. The van der Waals surface area contributed by atoms with Crippen LogP contribution in [0.5, 0.6) is 5.75 Å².